The molecule has 0 aliphatic carbocycles. The Morgan fingerprint density at radius 1 is 1.12 bits per heavy atom. The van der Waals surface area contributed by atoms with Gasteiger partial charge < -0.3 is 10.5 Å². The number of primary amides is 1. The molecule has 1 atom stereocenters. The summed E-state index contributed by atoms with van der Waals surface area (Å²) in [6, 6.07) is 18.2. The Kier molecular flexibility index (Phi) is 5.23. The maximum Gasteiger partial charge on any atom is 0.249 e. The summed E-state index contributed by atoms with van der Waals surface area (Å²) >= 11 is 0. The highest BCUT2D eigenvalue weighted by molar-refractivity contribution is 5.95. The van der Waals surface area contributed by atoms with Crippen LogP contribution in [0, 0.1) is 0 Å². The zero-order chi connectivity index (χ0) is 22.9. The standard InChI is InChI=1S/C24H19FN6O2/c1-33-22(25)18-12-16(5-6-17(18)23(26)32)20-8-9-21-24(28-20)31(30-29-21)13-14-4-7-19-15(11-14)3-2-10-27-19/h2-12,22H,13H2,1H3,(H2,26,32). The number of methoxy groups -OCH3 is 1. The molecule has 5 rings (SSSR count). The molecule has 9 heteroatoms. The molecule has 0 spiro atoms. The van der Waals surface area contributed by atoms with Crippen molar-refractivity contribution in [3.63, 3.8) is 0 Å². The number of aromatic nitrogens is 5. The van der Waals surface area contributed by atoms with Crippen LogP contribution >= 0.6 is 0 Å². The molecule has 0 radical (unpaired) electrons. The Labute approximate surface area is 187 Å². The van der Waals surface area contributed by atoms with E-state index in [0.717, 1.165) is 16.5 Å². The molecule has 2 N–H and O–H groups in total. The highest BCUT2D eigenvalue weighted by atomic mass is 19.1. The van der Waals surface area contributed by atoms with Crippen molar-refractivity contribution in [3.05, 3.63) is 83.6 Å². The lowest BCUT2D eigenvalue weighted by Crippen LogP contribution is -2.15. The molecule has 5 aromatic rings. The summed E-state index contributed by atoms with van der Waals surface area (Å²) < 4.78 is 20.8. The van der Waals surface area contributed by atoms with Gasteiger partial charge in [0, 0.05) is 35.4 Å². The van der Waals surface area contributed by atoms with Crippen molar-refractivity contribution in [3.8, 4) is 11.3 Å². The molecule has 8 nitrogen and oxygen atoms in total. The maximum atomic E-state index is 14.3. The predicted molar refractivity (Wildman–Crippen MR) is 121 cm³/mol. The molecule has 0 bridgehead atoms. The van der Waals surface area contributed by atoms with Crippen molar-refractivity contribution in [2.75, 3.05) is 7.11 Å². The lowest BCUT2D eigenvalue weighted by molar-refractivity contribution is -0.00712. The van der Waals surface area contributed by atoms with Crippen LogP contribution in [0.15, 0.2) is 66.9 Å². The first-order chi connectivity index (χ1) is 16.0. The van der Waals surface area contributed by atoms with Gasteiger partial charge in [0.2, 0.25) is 12.3 Å². The maximum absolute atomic E-state index is 14.3. The van der Waals surface area contributed by atoms with E-state index in [-0.39, 0.29) is 11.1 Å². The van der Waals surface area contributed by atoms with Gasteiger partial charge >= 0.3 is 0 Å². The fourth-order valence-electron chi connectivity index (χ4n) is 3.78. The Bertz CT molecular complexity index is 1500. The molecule has 0 aliphatic rings. The van der Waals surface area contributed by atoms with Crippen LogP contribution in [-0.4, -0.2) is 38.0 Å². The molecule has 3 heterocycles. The number of benzene rings is 2. The predicted octanol–water partition coefficient (Wildman–Crippen LogP) is 3.80. The van der Waals surface area contributed by atoms with Crippen molar-refractivity contribution < 1.29 is 13.9 Å². The number of carbonyl (C=O) groups excluding carboxylic acids is 1. The third-order valence-electron chi connectivity index (χ3n) is 5.42. The largest absolute Gasteiger partial charge is 0.366 e. The van der Waals surface area contributed by atoms with Crippen molar-refractivity contribution in [1.82, 2.24) is 25.0 Å². The molecule has 2 aromatic carbocycles. The number of ether oxygens (including phenoxy) is 1. The minimum Gasteiger partial charge on any atom is -0.366 e. The van der Waals surface area contributed by atoms with Gasteiger partial charge in [-0.05, 0) is 48.0 Å². The van der Waals surface area contributed by atoms with Crippen molar-refractivity contribution in [2.24, 2.45) is 5.73 Å². The lowest BCUT2D eigenvalue weighted by Gasteiger charge is -2.12. The number of nitrogens with zero attached hydrogens (tertiary/aromatic N) is 5. The summed E-state index contributed by atoms with van der Waals surface area (Å²) in [5, 5.41) is 9.49. The van der Waals surface area contributed by atoms with Crippen LogP contribution in [0.1, 0.15) is 27.8 Å². The Hall–Kier alpha value is -4.24. The average molecular weight is 442 g/mol. The van der Waals surface area contributed by atoms with Gasteiger partial charge in [-0.3, -0.25) is 9.78 Å². The van der Waals surface area contributed by atoms with Crippen LogP contribution in [0.3, 0.4) is 0 Å². The van der Waals surface area contributed by atoms with Gasteiger partial charge in [-0.25, -0.2) is 14.1 Å². The quantitative estimate of drug-likeness (QED) is 0.428. The molecular formula is C24H19FN6O2. The molecule has 0 saturated heterocycles. The second-order valence-corrected chi connectivity index (χ2v) is 7.53. The summed E-state index contributed by atoms with van der Waals surface area (Å²) in [5.74, 6) is -0.729. The van der Waals surface area contributed by atoms with E-state index in [9.17, 15) is 9.18 Å². The van der Waals surface area contributed by atoms with E-state index >= 15 is 0 Å². The van der Waals surface area contributed by atoms with Crippen LogP contribution in [0.25, 0.3) is 33.3 Å². The van der Waals surface area contributed by atoms with Gasteiger partial charge in [0.1, 0.15) is 5.52 Å². The SMILES string of the molecule is COC(F)c1cc(-c2ccc3nnn(Cc4ccc5ncccc5c4)c3n2)ccc1C(N)=O. The third kappa shape index (κ3) is 3.90. The van der Waals surface area contributed by atoms with Gasteiger partial charge in [-0.15, -0.1) is 5.10 Å². The lowest BCUT2D eigenvalue weighted by atomic mass is 10.0. The molecule has 0 aliphatic heterocycles. The number of hydrogen-bond donors (Lipinski definition) is 1. The van der Waals surface area contributed by atoms with Crippen LogP contribution < -0.4 is 5.73 Å². The van der Waals surface area contributed by atoms with Crippen LogP contribution in [-0.2, 0) is 11.3 Å². The fourth-order valence-corrected chi connectivity index (χ4v) is 3.78. The zero-order valence-corrected chi connectivity index (χ0v) is 17.6. The van der Waals surface area contributed by atoms with E-state index in [2.05, 4.69) is 21.4 Å². The number of carbonyl (C=O) groups is 1. The molecule has 1 amide bonds. The summed E-state index contributed by atoms with van der Waals surface area (Å²) in [5.41, 5.74) is 9.86. The second-order valence-electron chi connectivity index (χ2n) is 7.53. The monoisotopic (exact) mass is 442 g/mol. The number of nitrogens with two attached hydrogens (primary N) is 1. The normalized spacial score (nSPS) is 12.3. The summed E-state index contributed by atoms with van der Waals surface area (Å²) in [6.07, 6.45) is -0.0249. The Morgan fingerprint density at radius 2 is 1.97 bits per heavy atom. The fraction of sp³-hybridized carbons (Fsp3) is 0.125. The van der Waals surface area contributed by atoms with E-state index in [1.807, 2.05) is 24.3 Å². The summed E-state index contributed by atoms with van der Waals surface area (Å²) in [6.45, 7) is 0.472. The highest BCUT2D eigenvalue weighted by Crippen LogP contribution is 2.28. The third-order valence-corrected chi connectivity index (χ3v) is 5.42. The van der Waals surface area contributed by atoms with Crippen molar-refractivity contribution in [2.45, 2.75) is 12.9 Å². The topological polar surface area (TPSA) is 109 Å². The van der Waals surface area contributed by atoms with E-state index < -0.39 is 12.3 Å². The van der Waals surface area contributed by atoms with E-state index in [4.69, 9.17) is 15.5 Å². The minimum atomic E-state index is -1.79. The minimum absolute atomic E-state index is 0.0563. The molecule has 164 valence electrons. The number of halogens is 1. The van der Waals surface area contributed by atoms with Crippen LogP contribution in [0.2, 0.25) is 0 Å². The number of rotatable bonds is 6. The van der Waals surface area contributed by atoms with E-state index in [1.165, 1.54) is 19.2 Å². The molecule has 0 saturated carbocycles. The molecule has 3 aromatic heterocycles. The summed E-state index contributed by atoms with van der Waals surface area (Å²) in [4.78, 5) is 20.7. The van der Waals surface area contributed by atoms with Gasteiger partial charge in [0.05, 0.1) is 17.8 Å². The molecule has 1 unspecified atom stereocenters. The number of alkyl halides is 1. The number of hydrogen-bond acceptors (Lipinski definition) is 6. The number of pyridine rings is 2. The van der Waals surface area contributed by atoms with Gasteiger partial charge in [-0.2, -0.15) is 0 Å². The number of fused-ring (bicyclic) bond motifs is 2. The van der Waals surface area contributed by atoms with E-state index in [0.29, 0.717) is 29.0 Å². The van der Waals surface area contributed by atoms with Crippen LogP contribution in [0.4, 0.5) is 4.39 Å². The molecule has 33 heavy (non-hydrogen) atoms. The zero-order valence-electron chi connectivity index (χ0n) is 17.6. The smallest absolute Gasteiger partial charge is 0.249 e. The Morgan fingerprint density at radius 3 is 2.79 bits per heavy atom. The summed E-state index contributed by atoms with van der Waals surface area (Å²) in [7, 11) is 1.22. The van der Waals surface area contributed by atoms with Gasteiger partial charge in [-0.1, -0.05) is 23.4 Å². The van der Waals surface area contributed by atoms with Crippen molar-refractivity contribution in [1.29, 1.82) is 0 Å². The number of amides is 1. The highest BCUT2D eigenvalue weighted by Gasteiger charge is 2.19. The first-order valence-electron chi connectivity index (χ1n) is 10.2. The molecular weight excluding hydrogens is 423 g/mol. The van der Waals surface area contributed by atoms with Crippen LogP contribution in [0.5, 0.6) is 0 Å². The molecule has 0 fully saturated rings. The average Bonchev–Trinajstić information content (AvgIpc) is 3.24. The van der Waals surface area contributed by atoms with E-state index in [1.54, 1.807) is 29.1 Å². The first kappa shape index (κ1) is 20.7. The van der Waals surface area contributed by atoms with Gasteiger partial charge in [0.25, 0.3) is 0 Å². The first-order valence-corrected chi connectivity index (χ1v) is 10.2. The second kappa shape index (κ2) is 8.36. The van der Waals surface area contributed by atoms with Gasteiger partial charge in [0.15, 0.2) is 5.65 Å². The Balaban J connectivity index is 1.53. The van der Waals surface area contributed by atoms with Crippen molar-refractivity contribution >= 4 is 28.0 Å².